The molecule has 7 nitrogen and oxygen atoms in total. The van der Waals surface area contributed by atoms with Gasteiger partial charge in [-0.3, -0.25) is 19.2 Å². The molecule has 3 N–H and O–H groups in total. The Labute approximate surface area is 286 Å². The van der Waals surface area contributed by atoms with E-state index in [9.17, 15) is 24.0 Å². The fourth-order valence-corrected chi connectivity index (χ4v) is 5.16. The van der Waals surface area contributed by atoms with E-state index in [1.54, 1.807) is 6.92 Å². The molecule has 4 unspecified atom stereocenters. The van der Waals surface area contributed by atoms with Crippen LogP contribution in [0.4, 0.5) is 0 Å². The monoisotopic (exact) mass is 657 g/mol. The van der Waals surface area contributed by atoms with E-state index >= 15 is 0 Å². The van der Waals surface area contributed by atoms with Crippen molar-refractivity contribution in [2.75, 3.05) is 0 Å². The Balaban J connectivity index is -0.000000164. The topological polar surface area (TPSA) is 123 Å². The van der Waals surface area contributed by atoms with Crippen molar-refractivity contribution < 1.29 is 24.0 Å². The number of hydrogen-bond acceptors (Lipinski definition) is 5. The lowest BCUT2D eigenvalue weighted by atomic mass is 9.74. The molecule has 0 heterocycles. The van der Waals surface area contributed by atoms with Gasteiger partial charge in [0.15, 0.2) is 0 Å². The van der Waals surface area contributed by atoms with E-state index in [1.165, 1.54) is 57.8 Å². The third-order valence-corrected chi connectivity index (χ3v) is 8.26. The summed E-state index contributed by atoms with van der Waals surface area (Å²) in [4.78, 5) is 54.2. The molecule has 2 aliphatic carbocycles. The smallest absolute Gasteiger partial charge is 0.285 e. The molecule has 4 atom stereocenters. The fourth-order valence-electron chi connectivity index (χ4n) is 5.16. The van der Waals surface area contributed by atoms with Crippen LogP contribution >= 0.6 is 0 Å². The van der Waals surface area contributed by atoms with Crippen LogP contribution in [-0.4, -0.2) is 36.2 Å². The van der Waals surface area contributed by atoms with Crippen molar-refractivity contribution in [3.63, 3.8) is 0 Å². The Kier molecular flexibility index (Phi) is 47.6. The van der Waals surface area contributed by atoms with Gasteiger partial charge < -0.3 is 15.8 Å². The van der Waals surface area contributed by atoms with Gasteiger partial charge in [0.2, 0.25) is 12.2 Å². The highest BCUT2D eigenvalue weighted by molar-refractivity contribution is 6.36. The molecule has 0 bridgehead atoms. The minimum atomic E-state index is -0.764. The van der Waals surface area contributed by atoms with Gasteiger partial charge in [0.05, 0.1) is 6.04 Å². The average Bonchev–Trinajstić information content (AvgIpc) is 3.07. The third kappa shape index (κ3) is 29.4. The van der Waals surface area contributed by atoms with Crippen LogP contribution < -0.4 is 11.1 Å². The Morgan fingerprint density at radius 2 is 1.30 bits per heavy atom. The highest BCUT2D eigenvalue weighted by Crippen LogP contribution is 2.35. The second kappa shape index (κ2) is 41.0. The predicted octanol–water partition coefficient (Wildman–Crippen LogP) is 10.1. The summed E-state index contributed by atoms with van der Waals surface area (Å²) in [5, 5.41) is 2.55. The molecule has 0 aromatic carbocycles. The number of carbonyl (C=O) groups is 5. The van der Waals surface area contributed by atoms with Gasteiger partial charge in [-0.2, -0.15) is 0 Å². The molecule has 0 saturated heterocycles. The van der Waals surface area contributed by atoms with Gasteiger partial charge in [-0.25, -0.2) is 0 Å². The molecule has 7 heteroatoms. The van der Waals surface area contributed by atoms with Crippen LogP contribution in [0.25, 0.3) is 0 Å². The van der Waals surface area contributed by atoms with E-state index in [0.717, 1.165) is 44.8 Å². The summed E-state index contributed by atoms with van der Waals surface area (Å²) in [5.74, 6) is 0.712. The molecule has 2 saturated carbocycles. The number of unbranched alkanes of at least 4 members (excludes halogenated alkanes) is 1. The lowest BCUT2D eigenvalue weighted by Crippen LogP contribution is -2.37. The summed E-state index contributed by atoms with van der Waals surface area (Å²) >= 11 is 0. The van der Waals surface area contributed by atoms with Crippen molar-refractivity contribution in [1.29, 1.82) is 0 Å². The lowest BCUT2D eigenvalue weighted by Gasteiger charge is -2.31. The van der Waals surface area contributed by atoms with Crippen LogP contribution in [0, 0.1) is 29.6 Å². The van der Waals surface area contributed by atoms with Gasteiger partial charge in [0.1, 0.15) is 12.1 Å². The third-order valence-electron chi connectivity index (χ3n) is 8.26. The summed E-state index contributed by atoms with van der Waals surface area (Å²) in [6.07, 6.45) is 18.5. The van der Waals surface area contributed by atoms with Crippen molar-refractivity contribution >= 4 is 30.2 Å². The summed E-state index contributed by atoms with van der Waals surface area (Å²) in [6.45, 7) is 26.3. The first-order valence-electron chi connectivity index (χ1n) is 19.1. The molecule has 2 amide bonds. The van der Waals surface area contributed by atoms with Crippen LogP contribution in [-0.2, 0) is 24.0 Å². The SMILES string of the molecule is CC.CC.CC.CCC.CCC(C)C(CC1CCC1)C(=O)C(N)=O.CCCCC(CC)C(C)=O.O=CNC(C=O)C1CCCCC1. The van der Waals surface area contributed by atoms with Crippen molar-refractivity contribution in [3.05, 3.63) is 0 Å². The maximum atomic E-state index is 11.6. The number of nitrogens with one attached hydrogen (secondary N) is 1. The zero-order chi connectivity index (χ0) is 36.9. The molecule has 0 aromatic rings. The second-order valence-electron chi connectivity index (χ2n) is 11.7. The van der Waals surface area contributed by atoms with Crippen LogP contribution in [0.1, 0.15) is 186 Å². The predicted molar refractivity (Wildman–Crippen MR) is 199 cm³/mol. The summed E-state index contributed by atoms with van der Waals surface area (Å²) in [5.41, 5.74) is 5.08. The van der Waals surface area contributed by atoms with Gasteiger partial charge in [-0.05, 0) is 56.8 Å². The number of Topliss-reactive ketones (excluding diaryl/α,β-unsaturated/α-hetero) is 2. The van der Waals surface area contributed by atoms with Crippen LogP contribution in [0.15, 0.2) is 0 Å². The van der Waals surface area contributed by atoms with E-state index < -0.39 is 5.91 Å². The largest absolute Gasteiger partial charge is 0.363 e. The number of ketones is 2. The molecule has 0 radical (unpaired) electrons. The van der Waals surface area contributed by atoms with E-state index in [2.05, 4.69) is 33.0 Å². The minimum Gasteiger partial charge on any atom is -0.363 e. The minimum absolute atomic E-state index is 0.141. The summed E-state index contributed by atoms with van der Waals surface area (Å²) in [7, 11) is 0. The number of carbonyl (C=O) groups excluding carboxylic acids is 5. The second-order valence-corrected chi connectivity index (χ2v) is 11.7. The van der Waals surface area contributed by atoms with Gasteiger partial charge in [0.25, 0.3) is 5.91 Å². The van der Waals surface area contributed by atoms with Crippen molar-refractivity contribution in [1.82, 2.24) is 5.32 Å². The Bertz CT molecular complexity index is 688. The van der Waals surface area contributed by atoms with E-state index in [-0.39, 0.29) is 23.7 Å². The number of aldehydes is 1. The van der Waals surface area contributed by atoms with Crippen molar-refractivity contribution in [2.24, 2.45) is 35.3 Å². The van der Waals surface area contributed by atoms with E-state index in [1.807, 2.05) is 55.4 Å². The van der Waals surface area contributed by atoms with E-state index in [0.29, 0.717) is 29.9 Å². The fraction of sp³-hybridized carbons (Fsp3) is 0.872. The first-order chi connectivity index (χ1) is 22.1. The highest BCUT2D eigenvalue weighted by Gasteiger charge is 2.32. The maximum absolute atomic E-state index is 11.6. The number of hydrogen-bond donors (Lipinski definition) is 2. The molecule has 0 spiro atoms. The normalized spacial score (nSPS) is 15.8. The molecular weight excluding hydrogens is 576 g/mol. The molecule has 2 fully saturated rings. The molecule has 0 aromatic heterocycles. The number of nitrogens with two attached hydrogens (primary N) is 1. The lowest BCUT2D eigenvalue weighted by molar-refractivity contribution is -0.140. The highest BCUT2D eigenvalue weighted by atomic mass is 16.2. The van der Waals surface area contributed by atoms with Crippen LogP contribution in [0.2, 0.25) is 0 Å². The number of rotatable bonds is 15. The van der Waals surface area contributed by atoms with Gasteiger partial charge >= 0.3 is 0 Å². The van der Waals surface area contributed by atoms with Gasteiger partial charge in [-0.15, -0.1) is 0 Å². The average molecular weight is 657 g/mol. The molecule has 2 aliphatic rings. The first-order valence-corrected chi connectivity index (χ1v) is 19.1. The Morgan fingerprint density at radius 3 is 1.61 bits per heavy atom. The molecule has 0 aliphatic heterocycles. The molecular formula is C39H80N2O5. The summed E-state index contributed by atoms with van der Waals surface area (Å²) in [6, 6.07) is -0.247. The van der Waals surface area contributed by atoms with E-state index in [4.69, 9.17) is 5.73 Å². The standard InChI is InChI=1S/C12H21NO2.C9H15NO2.C9H18O.C3H8.3C2H6/c1-3-8(2)10(11(14)12(13)15)7-9-5-4-6-9;11-6-9(10-7-12)8-4-2-1-3-5-8;1-4-6-7-9(5-2)8(3)10;1-3-2;3*1-2/h8-10H,3-7H2,1-2H3,(H2,13,15);6-9H,1-5H2,(H,10,12);9H,4-7H2,1-3H3;3H2,1-2H3;3*1-2H3. The van der Waals surface area contributed by atoms with Crippen molar-refractivity contribution in [3.8, 4) is 0 Å². The van der Waals surface area contributed by atoms with Crippen LogP contribution in [0.5, 0.6) is 0 Å². The molecule has 46 heavy (non-hydrogen) atoms. The maximum Gasteiger partial charge on any atom is 0.285 e. The quantitative estimate of drug-likeness (QED) is 0.134. The Morgan fingerprint density at radius 1 is 0.804 bits per heavy atom. The first kappa shape index (κ1) is 53.4. The number of primary amides is 1. The zero-order valence-corrected chi connectivity index (χ0v) is 32.8. The molecule has 276 valence electrons. The number of amides is 2. The van der Waals surface area contributed by atoms with Gasteiger partial charge in [0, 0.05) is 11.8 Å². The zero-order valence-electron chi connectivity index (χ0n) is 32.8. The van der Waals surface area contributed by atoms with Crippen LogP contribution in [0.3, 0.4) is 0 Å². The Hall–Kier alpha value is -2.05. The van der Waals surface area contributed by atoms with Gasteiger partial charge in [-0.1, -0.05) is 147 Å². The molecule has 2 rings (SSSR count). The summed E-state index contributed by atoms with van der Waals surface area (Å²) < 4.78 is 0. The van der Waals surface area contributed by atoms with Crippen molar-refractivity contribution in [2.45, 2.75) is 192 Å².